The summed E-state index contributed by atoms with van der Waals surface area (Å²) in [6, 6.07) is 10.6. The lowest BCUT2D eigenvalue weighted by molar-refractivity contribution is -0.385. The molecule has 2 amide bonds. The van der Waals surface area contributed by atoms with E-state index in [4.69, 9.17) is 4.74 Å². The Labute approximate surface area is 194 Å². The summed E-state index contributed by atoms with van der Waals surface area (Å²) < 4.78 is 5.14. The van der Waals surface area contributed by atoms with Crippen molar-refractivity contribution in [2.24, 2.45) is 5.92 Å². The number of carbonyl (C=O) groups is 2. The zero-order chi connectivity index (χ0) is 24.1. The monoisotopic (exact) mass is 469 g/mol. The standard InChI is InChI=1S/C22H23N5O5S/c1-12(2)18(23-19(28)15-6-5-13(3)17(11-15)27(30)31)20(29)24-22-26-25-21(33-22)14-7-9-16(32-4)10-8-14/h5-12,18H,1-4H3,(H,23,28)(H,24,26,29). The van der Waals surface area contributed by atoms with Crippen LogP contribution >= 0.6 is 11.3 Å². The van der Waals surface area contributed by atoms with Gasteiger partial charge in [-0.05, 0) is 43.2 Å². The van der Waals surface area contributed by atoms with Crippen molar-refractivity contribution in [2.75, 3.05) is 12.4 Å². The normalized spacial score (nSPS) is 11.7. The molecule has 3 rings (SSSR count). The summed E-state index contributed by atoms with van der Waals surface area (Å²) in [6.45, 7) is 5.16. The van der Waals surface area contributed by atoms with Crippen LogP contribution in [0.15, 0.2) is 42.5 Å². The Morgan fingerprint density at radius 2 is 1.82 bits per heavy atom. The van der Waals surface area contributed by atoms with Crippen LogP contribution in [-0.2, 0) is 4.79 Å². The second-order valence-electron chi connectivity index (χ2n) is 7.58. The third-order valence-electron chi connectivity index (χ3n) is 4.90. The van der Waals surface area contributed by atoms with E-state index in [1.54, 1.807) is 40.0 Å². The molecule has 2 aromatic carbocycles. The lowest BCUT2D eigenvalue weighted by Gasteiger charge is -2.21. The third kappa shape index (κ3) is 5.69. The molecule has 2 N–H and O–H groups in total. The number of anilines is 1. The van der Waals surface area contributed by atoms with E-state index in [1.807, 2.05) is 12.1 Å². The number of ether oxygens (including phenoxy) is 1. The smallest absolute Gasteiger partial charge is 0.273 e. The summed E-state index contributed by atoms with van der Waals surface area (Å²) in [7, 11) is 1.58. The summed E-state index contributed by atoms with van der Waals surface area (Å²) in [5.41, 5.74) is 1.21. The fraction of sp³-hybridized carbons (Fsp3) is 0.273. The maximum atomic E-state index is 12.9. The summed E-state index contributed by atoms with van der Waals surface area (Å²) in [5.74, 6) is -0.574. The number of hydrogen-bond acceptors (Lipinski definition) is 8. The van der Waals surface area contributed by atoms with Gasteiger partial charge in [0.15, 0.2) is 0 Å². The van der Waals surface area contributed by atoms with E-state index < -0.39 is 22.8 Å². The number of hydrogen-bond donors (Lipinski definition) is 2. The zero-order valence-electron chi connectivity index (χ0n) is 18.5. The van der Waals surface area contributed by atoms with Crippen molar-refractivity contribution in [1.29, 1.82) is 0 Å². The number of nitro benzene ring substituents is 1. The van der Waals surface area contributed by atoms with Gasteiger partial charge in [0.25, 0.3) is 11.6 Å². The Morgan fingerprint density at radius 3 is 2.42 bits per heavy atom. The predicted molar refractivity (Wildman–Crippen MR) is 124 cm³/mol. The van der Waals surface area contributed by atoms with Crippen molar-refractivity contribution >= 4 is 34.0 Å². The van der Waals surface area contributed by atoms with Gasteiger partial charge in [-0.1, -0.05) is 31.3 Å². The molecule has 0 fully saturated rings. The number of nitrogens with zero attached hydrogens (tertiary/aromatic N) is 3. The lowest BCUT2D eigenvalue weighted by atomic mass is 10.0. The highest BCUT2D eigenvalue weighted by atomic mass is 32.1. The van der Waals surface area contributed by atoms with E-state index in [1.165, 1.54) is 29.5 Å². The molecule has 1 aromatic heterocycles. The first kappa shape index (κ1) is 23.8. The number of methoxy groups -OCH3 is 1. The molecule has 1 unspecified atom stereocenters. The Bertz CT molecular complexity index is 1180. The number of carbonyl (C=O) groups excluding carboxylic acids is 2. The van der Waals surface area contributed by atoms with Crippen molar-refractivity contribution in [1.82, 2.24) is 15.5 Å². The van der Waals surface area contributed by atoms with Gasteiger partial charge in [-0.3, -0.25) is 25.0 Å². The molecular formula is C22H23N5O5S. The van der Waals surface area contributed by atoms with Crippen molar-refractivity contribution < 1.29 is 19.2 Å². The number of aryl methyl sites for hydroxylation is 1. The molecule has 11 heteroatoms. The van der Waals surface area contributed by atoms with Gasteiger partial charge in [0.2, 0.25) is 11.0 Å². The van der Waals surface area contributed by atoms with Gasteiger partial charge >= 0.3 is 0 Å². The summed E-state index contributed by atoms with van der Waals surface area (Å²) in [4.78, 5) is 36.2. The average molecular weight is 470 g/mol. The highest BCUT2D eigenvalue weighted by molar-refractivity contribution is 7.18. The van der Waals surface area contributed by atoms with Crippen molar-refractivity contribution in [3.05, 3.63) is 63.7 Å². The van der Waals surface area contributed by atoms with E-state index in [0.717, 1.165) is 5.56 Å². The molecule has 172 valence electrons. The van der Waals surface area contributed by atoms with Gasteiger partial charge in [0.1, 0.15) is 16.8 Å². The van der Waals surface area contributed by atoms with Gasteiger partial charge in [-0.15, -0.1) is 10.2 Å². The fourth-order valence-corrected chi connectivity index (χ4v) is 3.77. The Kier molecular flexibility index (Phi) is 7.34. The van der Waals surface area contributed by atoms with E-state index in [9.17, 15) is 19.7 Å². The molecule has 1 heterocycles. The minimum atomic E-state index is -0.883. The quantitative estimate of drug-likeness (QED) is 0.378. The van der Waals surface area contributed by atoms with Gasteiger partial charge < -0.3 is 10.1 Å². The molecule has 0 radical (unpaired) electrons. The van der Waals surface area contributed by atoms with Gasteiger partial charge in [-0.25, -0.2) is 0 Å². The summed E-state index contributed by atoms with van der Waals surface area (Å²) >= 11 is 1.20. The molecule has 0 bridgehead atoms. The van der Waals surface area contributed by atoms with Crippen LogP contribution in [0.3, 0.4) is 0 Å². The molecule has 33 heavy (non-hydrogen) atoms. The van der Waals surface area contributed by atoms with Gasteiger partial charge in [-0.2, -0.15) is 0 Å². The molecule has 0 aliphatic carbocycles. The van der Waals surface area contributed by atoms with Gasteiger partial charge in [0, 0.05) is 22.8 Å². The largest absolute Gasteiger partial charge is 0.497 e. The first-order chi connectivity index (χ1) is 15.7. The van der Waals surface area contributed by atoms with E-state index >= 15 is 0 Å². The number of benzene rings is 2. The van der Waals surface area contributed by atoms with Crippen molar-refractivity contribution in [2.45, 2.75) is 26.8 Å². The first-order valence-electron chi connectivity index (χ1n) is 10.0. The number of nitro groups is 1. The van der Waals surface area contributed by atoms with Crippen LogP contribution < -0.4 is 15.4 Å². The molecule has 0 aliphatic heterocycles. The Morgan fingerprint density at radius 1 is 1.12 bits per heavy atom. The molecule has 1 atom stereocenters. The van der Waals surface area contributed by atoms with Crippen LogP contribution in [0.1, 0.15) is 29.8 Å². The van der Waals surface area contributed by atoms with Crippen molar-refractivity contribution in [3.63, 3.8) is 0 Å². The maximum absolute atomic E-state index is 12.9. The lowest BCUT2D eigenvalue weighted by Crippen LogP contribution is -2.47. The van der Waals surface area contributed by atoms with Crippen LogP contribution in [0, 0.1) is 23.0 Å². The van der Waals surface area contributed by atoms with E-state index in [-0.39, 0.29) is 22.3 Å². The molecule has 3 aromatic rings. The second kappa shape index (κ2) is 10.2. The maximum Gasteiger partial charge on any atom is 0.273 e. The molecular weight excluding hydrogens is 446 g/mol. The summed E-state index contributed by atoms with van der Waals surface area (Å²) in [5, 5.41) is 25.5. The second-order valence-corrected chi connectivity index (χ2v) is 8.56. The van der Waals surface area contributed by atoms with Gasteiger partial charge in [0.05, 0.1) is 12.0 Å². The number of amides is 2. The molecule has 10 nitrogen and oxygen atoms in total. The fourth-order valence-electron chi connectivity index (χ4n) is 3.01. The number of rotatable bonds is 8. The van der Waals surface area contributed by atoms with E-state index in [0.29, 0.717) is 16.3 Å². The van der Waals surface area contributed by atoms with Crippen LogP contribution in [-0.4, -0.2) is 40.1 Å². The topological polar surface area (TPSA) is 136 Å². The average Bonchev–Trinajstić information content (AvgIpc) is 3.25. The highest BCUT2D eigenvalue weighted by Crippen LogP contribution is 2.28. The number of nitrogens with one attached hydrogen (secondary N) is 2. The SMILES string of the molecule is COc1ccc(-c2nnc(NC(=O)C(NC(=O)c3ccc(C)c([N+](=O)[O-])c3)C(C)C)s2)cc1. The van der Waals surface area contributed by atoms with Crippen LogP contribution in [0.4, 0.5) is 10.8 Å². The van der Waals surface area contributed by atoms with E-state index in [2.05, 4.69) is 20.8 Å². The molecule has 0 spiro atoms. The predicted octanol–water partition coefficient (Wildman–Crippen LogP) is 3.82. The Hall–Kier alpha value is -3.86. The minimum absolute atomic E-state index is 0.100. The highest BCUT2D eigenvalue weighted by Gasteiger charge is 2.26. The molecule has 0 saturated heterocycles. The van der Waals surface area contributed by atoms with Crippen LogP contribution in [0.25, 0.3) is 10.6 Å². The zero-order valence-corrected chi connectivity index (χ0v) is 19.3. The Balaban J connectivity index is 1.72. The number of aromatic nitrogens is 2. The molecule has 0 aliphatic rings. The third-order valence-corrected chi connectivity index (χ3v) is 5.78. The summed E-state index contributed by atoms with van der Waals surface area (Å²) in [6.07, 6.45) is 0. The van der Waals surface area contributed by atoms with Crippen LogP contribution in [0.5, 0.6) is 5.75 Å². The van der Waals surface area contributed by atoms with Crippen molar-refractivity contribution in [3.8, 4) is 16.3 Å². The molecule has 0 saturated carbocycles. The first-order valence-corrected chi connectivity index (χ1v) is 10.9. The minimum Gasteiger partial charge on any atom is -0.497 e. The van der Waals surface area contributed by atoms with Crippen LogP contribution in [0.2, 0.25) is 0 Å².